The lowest BCUT2D eigenvalue weighted by atomic mass is 9.83. The topological polar surface area (TPSA) is 108 Å². The number of nitrogens with zero attached hydrogens (tertiary/aromatic N) is 1. The first-order chi connectivity index (χ1) is 18.2. The second kappa shape index (κ2) is 9.64. The molecule has 0 saturated carbocycles. The van der Waals surface area contributed by atoms with Gasteiger partial charge in [-0.05, 0) is 52.9 Å². The van der Waals surface area contributed by atoms with Crippen LogP contribution in [0.3, 0.4) is 0 Å². The molecule has 38 heavy (non-hydrogen) atoms. The van der Waals surface area contributed by atoms with Crippen molar-refractivity contribution in [3.63, 3.8) is 0 Å². The second-order valence-corrected chi connectivity index (χ2v) is 10.2. The molecule has 192 valence electrons. The van der Waals surface area contributed by atoms with Crippen molar-refractivity contribution in [2.24, 2.45) is 5.73 Å². The molecule has 0 aliphatic carbocycles. The molecule has 7 nitrogen and oxygen atoms in total. The van der Waals surface area contributed by atoms with Crippen LogP contribution in [0.5, 0.6) is 17.2 Å². The van der Waals surface area contributed by atoms with Crippen LogP contribution in [0.4, 0.5) is 0 Å². The summed E-state index contributed by atoms with van der Waals surface area (Å²) in [5.74, 6) is 0.809. The van der Waals surface area contributed by atoms with Crippen molar-refractivity contribution in [3.05, 3.63) is 111 Å². The van der Waals surface area contributed by atoms with E-state index in [1.54, 1.807) is 37.4 Å². The first-order valence-corrected chi connectivity index (χ1v) is 12.2. The first kappa shape index (κ1) is 25.0. The molecular formula is C31H28N2O5. The third kappa shape index (κ3) is 4.46. The summed E-state index contributed by atoms with van der Waals surface area (Å²) in [6, 6.07) is 22.6. The highest BCUT2D eigenvalue weighted by Gasteiger charge is 2.35. The molecule has 0 saturated heterocycles. The number of hydrogen-bond acceptors (Lipinski definition) is 7. The van der Waals surface area contributed by atoms with Crippen LogP contribution in [0.1, 0.15) is 48.9 Å². The molecule has 2 heterocycles. The average Bonchev–Trinajstić information content (AvgIpc) is 2.91. The molecule has 4 aromatic rings. The molecule has 2 N–H and O–H groups in total. The Morgan fingerprint density at radius 3 is 2.47 bits per heavy atom. The van der Waals surface area contributed by atoms with E-state index in [0.717, 1.165) is 11.3 Å². The minimum atomic E-state index is -0.777. The predicted molar refractivity (Wildman–Crippen MR) is 144 cm³/mol. The van der Waals surface area contributed by atoms with Crippen molar-refractivity contribution in [2.75, 3.05) is 7.11 Å². The van der Waals surface area contributed by atoms with Gasteiger partial charge in [0.2, 0.25) is 5.88 Å². The standard InChI is InChI=1S/C31H28N2O5/c1-31(2,3)20-10-12-21(13-11-20)36-17-19-15-18(9-14-24(19)35-4)26-23(16-32)29(33)38-28-22-7-5-6-8-25(22)37-30(34)27(26)28/h5-15,26H,17,33H2,1-4H3/t26-/m1/s1. The molecule has 5 rings (SSSR count). The van der Waals surface area contributed by atoms with E-state index in [9.17, 15) is 10.1 Å². The Morgan fingerprint density at radius 1 is 1.05 bits per heavy atom. The molecule has 0 bridgehead atoms. The van der Waals surface area contributed by atoms with Crippen LogP contribution in [0, 0.1) is 11.3 Å². The fraction of sp³-hybridized carbons (Fsp3) is 0.226. The lowest BCUT2D eigenvalue weighted by molar-refractivity contribution is 0.296. The van der Waals surface area contributed by atoms with E-state index in [1.807, 2.05) is 24.3 Å². The largest absolute Gasteiger partial charge is 0.496 e. The molecule has 0 fully saturated rings. The highest BCUT2D eigenvalue weighted by atomic mass is 16.5. The van der Waals surface area contributed by atoms with Gasteiger partial charge in [0, 0.05) is 5.56 Å². The monoisotopic (exact) mass is 508 g/mol. The fourth-order valence-corrected chi connectivity index (χ4v) is 4.70. The molecule has 0 amide bonds. The highest BCUT2D eigenvalue weighted by Crippen LogP contribution is 2.44. The molecule has 0 radical (unpaired) electrons. The highest BCUT2D eigenvalue weighted by molar-refractivity contribution is 5.86. The number of para-hydroxylation sites is 1. The first-order valence-electron chi connectivity index (χ1n) is 12.2. The summed E-state index contributed by atoms with van der Waals surface area (Å²) in [7, 11) is 1.58. The molecule has 0 spiro atoms. The molecular weight excluding hydrogens is 480 g/mol. The van der Waals surface area contributed by atoms with Crippen LogP contribution < -0.4 is 25.6 Å². The molecule has 7 heteroatoms. The zero-order valence-corrected chi connectivity index (χ0v) is 21.7. The lowest BCUT2D eigenvalue weighted by Crippen LogP contribution is -2.26. The number of fused-ring (bicyclic) bond motifs is 3. The molecule has 1 atom stereocenters. The average molecular weight is 509 g/mol. The maximum Gasteiger partial charge on any atom is 0.344 e. The van der Waals surface area contributed by atoms with Gasteiger partial charge in [-0.2, -0.15) is 5.26 Å². The quantitative estimate of drug-likeness (QED) is 0.335. The smallest absolute Gasteiger partial charge is 0.344 e. The summed E-state index contributed by atoms with van der Waals surface area (Å²) in [5.41, 5.74) is 9.02. The van der Waals surface area contributed by atoms with Gasteiger partial charge in [-0.1, -0.05) is 51.1 Å². The molecule has 1 aromatic heterocycles. The fourth-order valence-electron chi connectivity index (χ4n) is 4.70. The third-order valence-electron chi connectivity index (χ3n) is 6.73. The number of nitrogens with two attached hydrogens (primary N) is 1. The van der Waals surface area contributed by atoms with Gasteiger partial charge in [-0.15, -0.1) is 0 Å². The van der Waals surface area contributed by atoms with Crippen LogP contribution in [0.15, 0.2) is 87.4 Å². The predicted octanol–water partition coefficient (Wildman–Crippen LogP) is 5.90. The number of methoxy groups -OCH3 is 1. The summed E-state index contributed by atoms with van der Waals surface area (Å²) in [6.07, 6.45) is 0. The van der Waals surface area contributed by atoms with Gasteiger partial charge in [0.05, 0.1) is 24.0 Å². The van der Waals surface area contributed by atoms with Crippen molar-refractivity contribution >= 4 is 11.0 Å². The van der Waals surface area contributed by atoms with Crippen molar-refractivity contribution in [1.82, 2.24) is 0 Å². The summed E-state index contributed by atoms with van der Waals surface area (Å²) in [4.78, 5) is 13.2. The van der Waals surface area contributed by atoms with Crippen LogP contribution in [-0.2, 0) is 12.0 Å². The minimum absolute atomic E-state index is 0.0436. The lowest BCUT2D eigenvalue weighted by Gasteiger charge is -2.26. The molecule has 0 unspecified atom stereocenters. The zero-order valence-electron chi connectivity index (χ0n) is 21.7. The number of ether oxygens (including phenoxy) is 3. The van der Waals surface area contributed by atoms with Crippen molar-refractivity contribution in [1.29, 1.82) is 5.26 Å². The molecule has 1 aliphatic heterocycles. The molecule has 3 aromatic carbocycles. The van der Waals surface area contributed by atoms with E-state index in [1.165, 1.54) is 5.56 Å². The van der Waals surface area contributed by atoms with E-state index in [4.69, 9.17) is 24.4 Å². The SMILES string of the molecule is COc1ccc([C@@H]2C(C#N)=C(N)Oc3c2c(=O)oc2ccccc32)cc1COc1ccc(C(C)(C)C)cc1. The number of hydrogen-bond donors (Lipinski definition) is 1. The van der Waals surface area contributed by atoms with Crippen molar-refractivity contribution in [2.45, 2.75) is 38.7 Å². The van der Waals surface area contributed by atoms with Crippen LogP contribution >= 0.6 is 0 Å². The summed E-state index contributed by atoms with van der Waals surface area (Å²) >= 11 is 0. The van der Waals surface area contributed by atoms with Crippen LogP contribution in [-0.4, -0.2) is 7.11 Å². The van der Waals surface area contributed by atoms with Crippen LogP contribution in [0.2, 0.25) is 0 Å². The van der Waals surface area contributed by atoms with Gasteiger partial charge in [0.15, 0.2) is 5.75 Å². The van der Waals surface area contributed by atoms with Gasteiger partial charge >= 0.3 is 5.63 Å². The number of nitriles is 1. The number of rotatable bonds is 5. The Morgan fingerprint density at radius 2 is 1.79 bits per heavy atom. The van der Waals surface area contributed by atoms with E-state index >= 15 is 0 Å². The maximum absolute atomic E-state index is 13.2. The molecule has 1 aliphatic rings. The number of allylic oxidation sites excluding steroid dienone is 1. The summed E-state index contributed by atoms with van der Waals surface area (Å²) < 4.78 is 23.1. The van der Waals surface area contributed by atoms with Crippen LogP contribution in [0.25, 0.3) is 11.0 Å². The van der Waals surface area contributed by atoms with Gasteiger partial charge in [-0.25, -0.2) is 4.79 Å². The van der Waals surface area contributed by atoms with E-state index in [-0.39, 0.29) is 29.0 Å². The van der Waals surface area contributed by atoms with Crippen molar-refractivity contribution < 1.29 is 18.6 Å². The Labute approximate surface area is 220 Å². The van der Waals surface area contributed by atoms with E-state index in [2.05, 4.69) is 39.0 Å². The second-order valence-electron chi connectivity index (χ2n) is 10.2. The normalized spacial score (nSPS) is 15.0. The Hall–Kier alpha value is -4.70. The Balaban J connectivity index is 1.56. The Bertz CT molecular complexity index is 1650. The maximum atomic E-state index is 13.2. The van der Waals surface area contributed by atoms with Gasteiger partial charge in [-0.3, -0.25) is 0 Å². The Kier molecular flexibility index (Phi) is 6.33. The van der Waals surface area contributed by atoms with Crippen molar-refractivity contribution in [3.8, 4) is 23.3 Å². The van der Waals surface area contributed by atoms with Gasteiger partial charge < -0.3 is 24.4 Å². The zero-order chi connectivity index (χ0) is 27.0. The minimum Gasteiger partial charge on any atom is -0.496 e. The summed E-state index contributed by atoms with van der Waals surface area (Å²) in [6.45, 7) is 6.70. The summed E-state index contributed by atoms with van der Waals surface area (Å²) in [5, 5.41) is 10.6. The van der Waals surface area contributed by atoms with Gasteiger partial charge in [0.25, 0.3) is 0 Å². The number of benzene rings is 3. The van der Waals surface area contributed by atoms with E-state index in [0.29, 0.717) is 28.0 Å². The van der Waals surface area contributed by atoms with E-state index < -0.39 is 11.5 Å². The third-order valence-corrected chi connectivity index (χ3v) is 6.73. The van der Waals surface area contributed by atoms with Gasteiger partial charge in [0.1, 0.15) is 35.3 Å².